The molecule has 1 unspecified atom stereocenters. The first-order valence-corrected chi connectivity index (χ1v) is 9.61. The quantitative estimate of drug-likeness (QED) is 0.685. The summed E-state index contributed by atoms with van der Waals surface area (Å²) in [5.74, 6) is 0. The highest BCUT2D eigenvalue weighted by Crippen LogP contribution is 2.33. The van der Waals surface area contributed by atoms with Crippen LogP contribution in [0, 0.1) is 0 Å². The molecule has 100 valence electrons. The molecule has 1 rings (SSSR count). The molecular formula is C13H20O3SSi. The first-order chi connectivity index (χ1) is 8.12. The van der Waals surface area contributed by atoms with Gasteiger partial charge in [0.05, 0.1) is 13.3 Å². The van der Waals surface area contributed by atoms with Crippen molar-refractivity contribution in [2.24, 2.45) is 0 Å². The average Bonchev–Trinajstić information content (AvgIpc) is 2.23. The topological polar surface area (TPSA) is 54.4 Å². The molecule has 0 amide bonds. The van der Waals surface area contributed by atoms with E-state index in [1.807, 2.05) is 57.7 Å². The van der Waals surface area contributed by atoms with Gasteiger partial charge >= 0.3 is 0 Å². The van der Waals surface area contributed by atoms with Gasteiger partial charge in [-0.2, -0.15) is 8.42 Å². The van der Waals surface area contributed by atoms with E-state index in [1.165, 1.54) is 0 Å². The second kappa shape index (κ2) is 5.38. The Morgan fingerprint density at radius 2 is 1.72 bits per heavy atom. The van der Waals surface area contributed by atoms with Crippen LogP contribution in [0.3, 0.4) is 0 Å². The minimum Gasteiger partial charge on any atom is -0.282 e. The molecule has 0 aliphatic rings. The van der Waals surface area contributed by atoms with Crippen molar-refractivity contribution in [1.29, 1.82) is 0 Å². The van der Waals surface area contributed by atoms with Crippen LogP contribution < -0.4 is 0 Å². The van der Waals surface area contributed by atoms with Crippen LogP contribution in [0.4, 0.5) is 0 Å². The fourth-order valence-electron chi connectivity index (χ4n) is 1.56. The molecule has 3 nitrogen and oxygen atoms in total. The van der Waals surface area contributed by atoms with Crippen LogP contribution in [-0.4, -0.2) is 21.8 Å². The van der Waals surface area contributed by atoms with Gasteiger partial charge in [0.1, 0.15) is 0 Å². The molecule has 5 heteroatoms. The number of hydrogen-bond acceptors (Lipinski definition) is 2. The van der Waals surface area contributed by atoms with Crippen molar-refractivity contribution in [2.45, 2.75) is 32.4 Å². The Morgan fingerprint density at radius 1 is 1.22 bits per heavy atom. The maximum absolute atomic E-state index is 11.5. The molecule has 0 aromatic heterocycles. The zero-order valence-corrected chi connectivity index (χ0v) is 13.2. The van der Waals surface area contributed by atoms with Gasteiger partial charge in [0.2, 0.25) is 0 Å². The third kappa shape index (κ3) is 4.08. The molecule has 1 aromatic rings. The third-order valence-corrected chi connectivity index (χ3v) is 9.42. The standard InChI is InChI=1S/C13H20O3SSi/c1-13(2,3)18(4)12(17(14,15)16)10-11-8-6-5-7-9-11/h5-10,18H,1-4H3,(H,14,15,16). The zero-order valence-electron chi connectivity index (χ0n) is 11.2. The van der Waals surface area contributed by atoms with Crippen LogP contribution in [0.15, 0.2) is 34.9 Å². The maximum Gasteiger partial charge on any atom is 0.286 e. The molecule has 18 heavy (non-hydrogen) atoms. The van der Waals surface area contributed by atoms with Crippen LogP contribution in [0.25, 0.3) is 6.08 Å². The second-order valence-electron chi connectivity index (χ2n) is 5.52. The Labute approximate surface area is 111 Å². The molecule has 0 aliphatic heterocycles. The first-order valence-electron chi connectivity index (χ1n) is 5.86. The Morgan fingerprint density at radius 3 is 2.11 bits per heavy atom. The predicted molar refractivity (Wildman–Crippen MR) is 78.7 cm³/mol. The number of rotatable bonds is 3. The van der Waals surface area contributed by atoms with E-state index < -0.39 is 18.9 Å². The monoisotopic (exact) mass is 284 g/mol. The van der Waals surface area contributed by atoms with Crippen LogP contribution in [0.1, 0.15) is 26.3 Å². The van der Waals surface area contributed by atoms with Crippen molar-refractivity contribution in [1.82, 2.24) is 0 Å². The Balaban J connectivity index is 3.29. The lowest BCUT2D eigenvalue weighted by molar-refractivity contribution is 0.493. The fourth-order valence-corrected chi connectivity index (χ4v) is 5.99. The Kier molecular flexibility index (Phi) is 4.53. The smallest absolute Gasteiger partial charge is 0.282 e. The SMILES string of the molecule is C[SiH](C(=Cc1ccccc1)S(=O)(=O)O)C(C)(C)C. The van der Waals surface area contributed by atoms with Crippen molar-refractivity contribution < 1.29 is 13.0 Å². The summed E-state index contributed by atoms with van der Waals surface area (Å²) < 4.78 is 32.7. The van der Waals surface area contributed by atoms with Crippen molar-refractivity contribution in [3.8, 4) is 0 Å². The first kappa shape index (κ1) is 15.1. The molecule has 1 aromatic carbocycles. The normalized spacial score (nSPS) is 15.5. The van der Waals surface area contributed by atoms with Gasteiger partial charge in [-0.25, -0.2) is 0 Å². The Bertz CT molecular complexity index is 527. The van der Waals surface area contributed by atoms with Crippen LogP contribution in [0.2, 0.25) is 11.6 Å². The van der Waals surface area contributed by atoms with Gasteiger partial charge in [-0.05, 0) is 16.7 Å². The molecule has 0 aliphatic carbocycles. The van der Waals surface area contributed by atoms with Gasteiger partial charge < -0.3 is 0 Å². The van der Waals surface area contributed by atoms with E-state index in [0.29, 0.717) is 0 Å². The van der Waals surface area contributed by atoms with Gasteiger partial charge in [-0.3, -0.25) is 4.55 Å². The van der Waals surface area contributed by atoms with E-state index in [1.54, 1.807) is 6.08 Å². The van der Waals surface area contributed by atoms with Crippen molar-refractivity contribution in [3.05, 3.63) is 40.4 Å². The molecule has 0 saturated heterocycles. The molecule has 0 radical (unpaired) electrons. The van der Waals surface area contributed by atoms with E-state index in [2.05, 4.69) is 0 Å². The molecule has 0 saturated carbocycles. The second-order valence-corrected chi connectivity index (χ2v) is 11.2. The third-order valence-electron chi connectivity index (χ3n) is 3.13. The molecule has 0 heterocycles. The van der Waals surface area contributed by atoms with Crippen LogP contribution in [0.5, 0.6) is 0 Å². The average molecular weight is 284 g/mol. The van der Waals surface area contributed by atoms with Crippen LogP contribution >= 0.6 is 0 Å². The van der Waals surface area contributed by atoms with E-state index in [4.69, 9.17) is 0 Å². The minimum absolute atomic E-state index is 0.101. The lowest BCUT2D eigenvalue weighted by Crippen LogP contribution is -2.28. The van der Waals surface area contributed by atoms with Gasteiger partial charge in [0.25, 0.3) is 10.1 Å². The molecule has 1 N–H and O–H groups in total. The minimum atomic E-state index is -4.12. The lowest BCUT2D eigenvalue weighted by Gasteiger charge is -2.26. The summed E-state index contributed by atoms with van der Waals surface area (Å²) in [4.78, 5) is 0. The van der Waals surface area contributed by atoms with Crippen molar-refractivity contribution in [3.63, 3.8) is 0 Å². The number of hydrogen-bond donors (Lipinski definition) is 1. The molecule has 0 bridgehead atoms. The van der Waals surface area contributed by atoms with Crippen molar-refractivity contribution >= 4 is 25.0 Å². The van der Waals surface area contributed by atoms with Gasteiger partial charge in [-0.15, -0.1) is 0 Å². The maximum atomic E-state index is 11.5. The number of benzene rings is 1. The molecular weight excluding hydrogens is 264 g/mol. The molecule has 1 atom stereocenters. The van der Waals surface area contributed by atoms with E-state index in [-0.39, 0.29) is 9.57 Å². The fraction of sp³-hybridized carbons (Fsp3) is 0.385. The summed E-state index contributed by atoms with van der Waals surface area (Å²) in [6.07, 6.45) is 1.59. The summed E-state index contributed by atoms with van der Waals surface area (Å²) >= 11 is 0. The Hall–Kier alpha value is -0.913. The van der Waals surface area contributed by atoms with E-state index in [0.717, 1.165) is 5.56 Å². The van der Waals surface area contributed by atoms with Crippen LogP contribution in [-0.2, 0) is 10.1 Å². The van der Waals surface area contributed by atoms with Gasteiger partial charge in [0, 0.05) is 0 Å². The predicted octanol–water partition coefficient (Wildman–Crippen LogP) is 3.11. The summed E-state index contributed by atoms with van der Waals surface area (Å²) in [6.45, 7) is 7.97. The van der Waals surface area contributed by atoms with E-state index >= 15 is 0 Å². The lowest BCUT2D eigenvalue weighted by atomic mass is 10.2. The van der Waals surface area contributed by atoms with Gasteiger partial charge in [-0.1, -0.05) is 57.7 Å². The summed E-state index contributed by atoms with van der Waals surface area (Å²) in [6, 6.07) is 9.21. The summed E-state index contributed by atoms with van der Waals surface area (Å²) in [7, 11) is -5.90. The van der Waals surface area contributed by atoms with Crippen molar-refractivity contribution in [2.75, 3.05) is 0 Å². The summed E-state index contributed by atoms with van der Waals surface area (Å²) in [5, 5.41) is -0.101. The molecule has 0 spiro atoms. The van der Waals surface area contributed by atoms with Gasteiger partial charge in [0.15, 0.2) is 0 Å². The summed E-state index contributed by atoms with van der Waals surface area (Å²) in [5.41, 5.74) is 0.800. The zero-order chi connectivity index (χ0) is 14.0. The van der Waals surface area contributed by atoms with E-state index in [9.17, 15) is 13.0 Å². The largest absolute Gasteiger partial charge is 0.286 e. The molecule has 0 fully saturated rings. The highest BCUT2D eigenvalue weighted by molar-refractivity contribution is 7.92. The highest BCUT2D eigenvalue weighted by atomic mass is 32.2. The highest BCUT2D eigenvalue weighted by Gasteiger charge is 2.31.